The molecular formula is C30H23ClN4O. The minimum atomic E-state index is 0.658. The number of aromatic nitrogens is 4. The van der Waals surface area contributed by atoms with Gasteiger partial charge in [0, 0.05) is 23.3 Å². The van der Waals surface area contributed by atoms with E-state index in [0.717, 1.165) is 55.7 Å². The van der Waals surface area contributed by atoms with Gasteiger partial charge in [0.25, 0.3) is 0 Å². The Balaban J connectivity index is 1.56. The number of benzene rings is 4. The van der Waals surface area contributed by atoms with Crippen LogP contribution in [0.5, 0.6) is 5.75 Å². The van der Waals surface area contributed by atoms with Crippen molar-refractivity contribution in [2.75, 3.05) is 7.11 Å². The van der Waals surface area contributed by atoms with Crippen molar-refractivity contribution in [2.24, 2.45) is 0 Å². The van der Waals surface area contributed by atoms with Crippen LogP contribution < -0.4 is 4.74 Å². The van der Waals surface area contributed by atoms with Crippen molar-refractivity contribution in [2.45, 2.75) is 6.54 Å². The molecule has 0 unspecified atom stereocenters. The summed E-state index contributed by atoms with van der Waals surface area (Å²) in [6, 6.07) is 34.3. The fourth-order valence-corrected chi connectivity index (χ4v) is 4.55. The molecule has 0 aliphatic rings. The topological polar surface area (TPSA) is 44.9 Å². The predicted octanol–water partition coefficient (Wildman–Crippen LogP) is 7.27. The Labute approximate surface area is 214 Å². The average molecular weight is 491 g/mol. The fraction of sp³-hybridized carbons (Fsp3) is 0.0667. The molecule has 2 heterocycles. The third-order valence-corrected chi connectivity index (χ3v) is 6.50. The quantitative estimate of drug-likeness (QED) is 0.246. The number of nitrogens with zero attached hydrogens (tertiary/aromatic N) is 4. The first-order valence-corrected chi connectivity index (χ1v) is 12.1. The predicted molar refractivity (Wildman–Crippen MR) is 145 cm³/mol. The summed E-state index contributed by atoms with van der Waals surface area (Å²) in [7, 11) is 1.67. The number of hydrogen-bond donors (Lipinski definition) is 0. The second kappa shape index (κ2) is 9.36. The SMILES string of the molecule is COc1ccc(-c2nn(-c3ccccc3)cc2-c2nc3ccccc3n2Cc2ccc(Cl)cc2)cc1. The zero-order chi connectivity index (χ0) is 24.5. The third kappa shape index (κ3) is 4.14. The second-order valence-corrected chi connectivity index (χ2v) is 8.97. The number of ether oxygens (including phenoxy) is 1. The van der Waals surface area contributed by atoms with E-state index >= 15 is 0 Å². The van der Waals surface area contributed by atoms with Gasteiger partial charge in [-0.3, -0.25) is 0 Å². The lowest BCUT2D eigenvalue weighted by atomic mass is 10.1. The van der Waals surface area contributed by atoms with Crippen molar-refractivity contribution in [1.82, 2.24) is 19.3 Å². The molecule has 0 amide bonds. The molecular weight excluding hydrogens is 468 g/mol. The molecule has 6 heteroatoms. The molecule has 6 aromatic rings. The lowest BCUT2D eigenvalue weighted by molar-refractivity contribution is 0.415. The van der Waals surface area contributed by atoms with Crippen LogP contribution in [-0.2, 0) is 6.54 Å². The van der Waals surface area contributed by atoms with Gasteiger partial charge in [-0.1, -0.05) is 54.1 Å². The van der Waals surface area contributed by atoms with Crippen LogP contribution in [0.15, 0.2) is 109 Å². The van der Waals surface area contributed by atoms with Gasteiger partial charge in [0.15, 0.2) is 0 Å². The Bertz CT molecular complexity index is 1640. The van der Waals surface area contributed by atoms with Crippen molar-refractivity contribution >= 4 is 22.6 Å². The fourth-order valence-electron chi connectivity index (χ4n) is 4.43. The Morgan fingerprint density at radius 3 is 2.28 bits per heavy atom. The highest BCUT2D eigenvalue weighted by atomic mass is 35.5. The maximum Gasteiger partial charge on any atom is 0.145 e. The second-order valence-electron chi connectivity index (χ2n) is 8.54. The van der Waals surface area contributed by atoms with Crippen LogP contribution in [0.4, 0.5) is 0 Å². The van der Waals surface area contributed by atoms with Gasteiger partial charge in [-0.2, -0.15) is 5.10 Å². The summed E-state index contributed by atoms with van der Waals surface area (Å²) in [5.41, 5.74) is 6.93. The van der Waals surface area contributed by atoms with E-state index in [1.54, 1.807) is 7.11 Å². The van der Waals surface area contributed by atoms with E-state index in [2.05, 4.69) is 29.0 Å². The summed E-state index contributed by atoms with van der Waals surface area (Å²) in [5, 5.41) is 5.74. The normalized spacial score (nSPS) is 11.2. The number of hydrogen-bond acceptors (Lipinski definition) is 3. The van der Waals surface area contributed by atoms with E-state index in [1.165, 1.54) is 0 Å². The van der Waals surface area contributed by atoms with Gasteiger partial charge >= 0.3 is 0 Å². The van der Waals surface area contributed by atoms with Crippen LogP contribution in [0, 0.1) is 0 Å². The minimum Gasteiger partial charge on any atom is -0.497 e. The highest BCUT2D eigenvalue weighted by Crippen LogP contribution is 2.35. The molecule has 2 aromatic heterocycles. The van der Waals surface area contributed by atoms with Crippen LogP contribution in [0.2, 0.25) is 5.02 Å². The van der Waals surface area contributed by atoms with Crippen LogP contribution in [0.25, 0.3) is 39.4 Å². The highest BCUT2D eigenvalue weighted by molar-refractivity contribution is 6.30. The number of fused-ring (bicyclic) bond motifs is 1. The summed E-state index contributed by atoms with van der Waals surface area (Å²) in [5.74, 6) is 1.66. The largest absolute Gasteiger partial charge is 0.497 e. The summed E-state index contributed by atoms with van der Waals surface area (Å²) in [6.07, 6.45) is 2.06. The summed E-state index contributed by atoms with van der Waals surface area (Å²) in [6.45, 7) is 0.658. The van der Waals surface area contributed by atoms with E-state index in [4.69, 9.17) is 26.4 Å². The first-order chi connectivity index (χ1) is 17.7. The van der Waals surface area contributed by atoms with Crippen molar-refractivity contribution < 1.29 is 4.74 Å². The van der Waals surface area contributed by atoms with E-state index in [-0.39, 0.29) is 0 Å². The number of halogens is 1. The Kier molecular flexibility index (Phi) is 5.76. The molecule has 0 N–H and O–H groups in total. The molecule has 0 radical (unpaired) electrons. The summed E-state index contributed by atoms with van der Waals surface area (Å²) < 4.78 is 9.54. The third-order valence-electron chi connectivity index (χ3n) is 6.25. The van der Waals surface area contributed by atoms with Crippen LogP contribution in [0.3, 0.4) is 0 Å². The molecule has 6 rings (SSSR count). The molecule has 0 saturated carbocycles. The number of methoxy groups -OCH3 is 1. The highest BCUT2D eigenvalue weighted by Gasteiger charge is 2.21. The van der Waals surface area contributed by atoms with Crippen LogP contribution >= 0.6 is 11.6 Å². The number of imidazole rings is 1. The first-order valence-electron chi connectivity index (χ1n) is 11.7. The first kappa shape index (κ1) is 22.1. The van der Waals surface area contributed by atoms with E-state index in [9.17, 15) is 0 Å². The standard InChI is InChI=1S/C30H23ClN4O/c1-36-25-17-13-22(14-18-25)29-26(20-35(33-29)24-7-3-2-4-8-24)30-32-27-9-5-6-10-28(27)34(30)19-21-11-15-23(31)16-12-21/h2-18,20H,19H2,1H3. The molecule has 0 saturated heterocycles. The molecule has 0 spiro atoms. The van der Waals surface area contributed by atoms with Gasteiger partial charge in [0.2, 0.25) is 0 Å². The molecule has 0 atom stereocenters. The lowest BCUT2D eigenvalue weighted by Gasteiger charge is -2.10. The summed E-state index contributed by atoms with van der Waals surface area (Å²) >= 11 is 6.15. The van der Waals surface area contributed by atoms with Crippen molar-refractivity contribution in [3.05, 3.63) is 120 Å². The van der Waals surface area contributed by atoms with Gasteiger partial charge in [0.1, 0.15) is 17.3 Å². The molecule has 0 fully saturated rings. The van der Waals surface area contributed by atoms with Gasteiger partial charge in [-0.05, 0) is 66.2 Å². The maximum atomic E-state index is 6.15. The lowest BCUT2D eigenvalue weighted by Crippen LogP contribution is -2.02. The monoisotopic (exact) mass is 490 g/mol. The molecule has 0 bridgehead atoms. The number of para-hydroxylation sites is 3. The van der Waals surface area contributed by atoms with E-state index < -0.39 is 0 Å². The molecule has 176 valence electrons. The van der Waals surface area contributed by atoms with Gasteiger partial charge in [-0.25, -0.2) is 9.67 Å². The molecule has 0 aliphatic heterocycles. The Hall–Kier alpha value is -4.35. The zero-order valence-corrected chi connectivity index (χ0v) is 20.4. The van der Waals surface area contributed by atoms with Gasteiger partial charge < -0.3 is 9.30 Å². The van der Waals surface area contributed by atoms with Crippen LogP contribution in [0.1, 0.15) is 5.56 Å². The van der Waals surface area contributed by atoms with Crippen molar-refractivity contribution in [3.8, 4) is 34.1 Å². The molecule has 36 heavy (non-hydrogen) atoms. The van der Waals surface area contributed by atoms with Crippen molar-refractivity contribution in [1.29, 1.82) is 0 Å². The average Bonchev–Trinajstić information content (AvgIpc) is 3.53. The van der Waals surface area contributed by atoms with Crippen LogP contribution in [-0.4, -0.2) is 26.4 Å². The van der Waals surface area contributed by atoms with Crippen molar-refractivity contribution in [3.63, 3.8) is 0 Å². The molecule has 4 aromatic carbocycles. The van der Waals surface area contributed by atoms with E-state index in [1.807, 2.05) is 89.6 Å². The van der Waals surface area contributed by atoms with Gasteiger partial charge in [-0.15, -0.1) is 0 Å². The Morgan fingerprint density at radius 2 is 1.53 bits per heavy atom. The molecule has 0 aliphatic carbocycles. The zero-order valence-electron chi connectivity index (χ0n) is 19.7. The molecule has 5 nitrogen and oxygen atoms in total. The van der Waals surface area contributed by atoms with Gasteiger partial charge in [0.05, 0.1) is 29.4 Å². The minimum absolute atomic E-state index is 0.658. The maximum absolute atomic E-state index is 6.15. The summed E-state index contributed by atoms with van der Waals surface area (Å²) in [4.78, 5) is 5.08. The number of rotatable bonds is 6. The smallest absolute Gasteiger partial charge is 0.145 e. The Morgan fingerprint density at radius 1 is 0.806 bits per heavy atom. The van der Waals surface area contributed by atoms with E-state index in [0.29, 0.717) is 6.54 Å².